The standard InChI is InChI=1S/C28H30F3N5O/c1-19-5-7-22(25-32-12-4-13-33-25)23(15-19)26(37)36-14-11-27(9-2-3-10-27)16-21(36)18-35-24-8-6-20(17-34-24)28(29,30)31/h4-8,12-13,15,17,21H,2-3,9-11,14,16,18H2,1H3,(H,34,35). The zero-order valence-electron chi connectivity index (χ0n) is 20.8. The van der Waals surface area contributed by atoms with Crippen LogP contribution in [0.1, 0.15) is 60.0 Å². The van der Waals surface area contributed by atoms with Crippen LogP contribution in [-0.4, -0.2) is 44.9 Å². The van der Waals surface area contributed by atoms with Gasteiger partial charge in [-0.2, -0.15) is 13.2 Å². The number of likely N-dealkylation sites (tertiary alicyclic amines) is 1. The van der Waals surface area contributed by atoms with Gasteiger partial charge in [0.25, 0.3) is 5.91 Å². The third kappa shape index (κ3) is 5.45. The molecular formula is C28H30F3N5O. The van der Waals surface area contributed by atoms with Gasteiger partial charge in [-0.15, -0.1) is 0 Å². The molecule has 1 atom stereocenters. The molecule has 1 saturated heterocycles. The first-order valence-corrected chi connectivity index (χ1v) is 12.7. The van der Waals surface area contributed by atoms with Crippen LogP contribution in [0.4, 0.5) is 19.0 Å². The number of aryl methyl sites for hydroxylation is 1. The summed E-state index contributed by atoms with van der Waals surface area (Å²) in [6.45, 7) is 2.99. The highest BCUT2D eigenvalue weighted by Crippen LogP contribution is 2.48. The molecule has 1 saturated carbocycles. The number of carbonyl (C=O) groups excluding carboxylic acids is 1. The quantitative estimate of drug-likeness (QED) is 0.447. The molecule has 3 aromatic rings. The van der Waals surface area contributed by atoms with Crippen molar-refractivity contribution in [2.24, 2.45) is 5.41 Å². The second-order valence-corrected chi connectivity index (χ2v) is 10.2. The Kier molecular flexibility index (Phi) is 6.88. The van der Waals surface area contributed by atoms with Gasteiger partial charge in [-0.1, -0.05) is 30.5 Å². The smallest absolute Gasteiger partial charge is 0.368 e. The van der Waals surface area contributed by atoms with Crippen LogP contribution in [0, 0.1) is 12.3 Å². The first kappa shape index (κ1) is 25.2. The van der Waals surface area contributed by atoms with E-state index in [2.05, 4.69) is 20.3 Å². The molecule has 0 radical (unpaired) electrons. The molecule has 1 N–H and O–H groups in total. The van der Waals surface area contributed by atoms with E-state index in [-0.39, 0.29) is 17.4 Å². The van der Waals surface area contributed by atoms with E-state index in [0.29, 0.717) is 35.9 Å². The minimum absolute atomic E-state index is 0.0776. The van der Waals surface area contributed by atoms with Crippen LogP contribution >= 0.6 is 0 Å². The third-order valence-electron chi connectivity index (χ3n) is 7.74. The number of carbonyl (C=O) groups is 1. The first-order chi connectivity index (χ1) is 17.7. The van der Waals surface area contributed by atoms with Gasteiger partial charge >= 0.3 is 6.18 Å². The summed E-state index contributed by atoms with van der Waals surface area (Å²) < 4.78 is 38.8. The number of nitrogens with one attached hydrogen (secondary N) is 1. The van der Waals surface area contributed by atoms with Crippen molar-refractivity contribution in [3.63, 3.8) is 0 Å². The van der Waals surface area contributed by atoms with Crippen LogP contribution in [0.15, 0.2) is 55.0 Å². The normalized spacial score (nSPS) is 19.2. The molecule has 1 aliphatic carbocycles. The number of rotatable bonds is 5. The lowest BCUT2D eigenvalue weighted by atomic mass is 9.73. The summed E-state index contributed by atoms with van der Waals surface area (Å²) in [5.41, 5.74) is 1.65. The van der Waals surface area contributed by atoms with Crippen molar-refractivity contribution in [1.29, 1.82) is 0 Å². The number of benzene rings is 1. The third-order valence-corrected chi connectivity index (χ3v) is 7.74. The predicted octanol–water partition coefficient (Wildman–Crippen LogP) is 6.14. The number of aromatic nitrogens is 3. The number of hydrogen-bond donors (Lipinski definition) is 1. The van der Waals surface area contributed by atoms with E-state index in [1.54, 1.807) is 18.5 Å². The predicted molar refractivity (Wildman–Crippen MR) is 135 cm³/mol. The number of halogens is 3. The van der Waals surface area contributed by atoms with Crippen LogP contribution in [0.2, 0.25) is 0 Å². The SMILES string of the molecule is Cc1ccc(-c2ncccn2)c(C(=O)N2CCC3(CCCC3)CC2CNc2ccc(C(F)(F)F)cn2)c1. The van der Waals surface area contributed by atoms with Gasteiger partial charge in [0.05, 0.1) is 11.1 Å². The van der Waals surface area contributed by atoms with E-state index in [0.717, 1.165) is 43.5 Å². The van der Waals surface area contributed by atoms with Crippen molar-refractivity contribution in [2.75, 3.05) is 18.4 Å². The number of hydrogen-bond acceptors (Lipinski definition) is 5. The fourth-order valence-corrected chi connectivity index (χ4v) is 5.79. The molecule has 37 heavy (non-hydrogen) atoms. The van der Waals surface area contributed by atoms with Gasteiger partial charge in [-0.3, -0.25) is 4.79 Å². The molecule has 1 spiro atoms. The lowest BCUT2D eigenvalue weighted by Crippen LogP contribution is -2.52. The number of pyridine rings is 1. The Bertz CT molecular complexity index is 1240. The molecule has 5 rings (SSSR count). The Morgan fingerprint density at radius 3 is 2.51 bits per heavy atom. The highest BCUT2D eigenvalue weighted by atomic mass is 19.4. The van der Waals surface area contributed by atoms with Crippen molar-refractivity contribution in [3.8, 4) is 11.4 Å². The van der Waals surface area contributed by atoms with Crippen LogP contribution < -0.4 is 5.32 Å². The van der Waals surface area contributed by atoms with Crippen LogP contribution in [0.5, 0.6) is 0 Å². The average Bonchev–Trinajstić information content (AvgIpc) is 3.35. The van der Waals surface area contributed by atoms with Gasteiger partial charge in [0.1, 0.15) is 5.82 Å². The number of anilines is 1. The summed E-state index contributed by atoms with van der Waals surface area (Å²) in [6, 6.07) is 9.71. The highest BCUT2D eigenvalue weighted by Gasteiger charge is 2.43. The van der Waals surface area contributed by atoms with E-state index >= 15 is 0 Å². The van der Waals surface area contributed by atoms with Crippen LogP contribution in [0.25, 0.3) is 11.4 Å². The Morgan fingerprint density at radius 2 is 1.84 bits per heavy atom. The second kappa shape index (κ2) is 10.1. The van der Waals surface area contributed by atoms with Gasteiger partial charge in [0, 0.05) is 43.3 Å². The summed E-state index contributed by atoms with van der Waals surface area (Å²) in [5.74, 6) is 0.783. The topological polar surface area (TPSA) is 71.0 Å². The van der Waals surface area contributed by atoms with E-state index in [1.165, 1.54) is 18.9 Å². The van der Waals surface area contributed by atoms with E-state index < -0.39 is 11.7 Å². The monoisotopic (exact) mass is 509 g/mol. The van der Waals surface area contributed by atoms with Crippen LogP contribution in [-0.2, 0) is 6.18 Å². The molecule has 1 aliphatic heterocycles. The molecule has 2 aliphatic rings. The lowest BCUT2D eigenvalue weighted by Gasteiger charge is -2.45. The van der Waals surface area contributed by atoms with Crippen molar-refractivity contribution in [3.05, 3.63) is 71.7 Å². The fourth-order valence-electron chi connectivity index (χ4n) is 5.79. The Labute approximate surface area is 214 Å². The zero-order valence-corrected chi connectivity index (χ0v) is 20.8. The van der Waals surface area contributed by atoms with Crippen molar-refractivity contribution >= 4 is 11.7 Å². The molecule has 194 valence electrons. The summed E-state index contributed by atoms with van der Waals surface area (Å²) in [4.78, 5) is 28.6. The van der Waals surface area contributed by atoms with Crippen molar-refractivity contribution in [2.45, 2.75) is 57.7 Å². The summed E-state index contributed by atoms with van der Waals surface area (Å²) in [5, 5.41) is 3.20. The molecule has 1 amide bonds. The Hall–Kier alpha value is -3.49. The van der Waals surface area contributed by atoms with Gasteiger partial charge in [0.15, 0.2) is 5.82 Å². The second-order valence-electron chi connectivity index (χ2n) is 10.2. The zero-order chi connectivity index (χ0) is 26.0. The summed E-state index contributed by atoms with van der Waals surface area (Å²) in [6.07, 6.45) is 6.23. The Morgan fingerprint density at radius 1 is 1.08 bits per heavy atom. The minimum atomic E-state index is -4.43. The molecule has 0 bridgehead atoms. The number of piperidine rings is 1. The molecule has 2 fully saturated rings. The molecule has 1 aromatic carbocycles. The molecule has 6 nitrogen and oxygen atoms in total. The molecular weight excluding hydrogens is 479 g/mol. The first-order valence-electron chi connectivity index (χ1n) is 12.7. The van der Waals surface area contributed by atoms with Gasteiger partial charge in [0.2, 0.25) is 0 Å². The maximum atomic E-state index is 14.0. The summed E-state index contributed by atoms with van der Waals surface area (Å²) in [7, 11) is 0. The van der Waals surface area contributed by atoms with Gasteiger partial charge < -0.3 is 10.2 Å². The van der Waals surface area contributed by atoms with Gasteiger partial charge in [-0.25, -0.2) is 15.0 Å². The minimum Gasteiger partial charge on any atom is -0.368 e. The van der Waals surface area contributed by atoms with E-state index in [1.807, 2.05) is 30.0 Å². The Balaban J connectivity index is 1.41. The summed E-state index contributed by atoms with van der Waals surface area (Å²) >= 11 is 0. The molecule has 9 heteroatoms. The van der Waals surface area contributed by atoms with Crippen molar-refractivity contribution < 1.29 is 18.0 Å². The van der Waals surface area contributed by atoms with E-state index in [4.69, 9.17) is 0 Å². The molecule has 3 heterocycles. The largest absolute Gasteiger partial charge is 0.417 e. The van der Waals surface area contributed by atoms with Crippen molar-refractivity contribution in [1.82, 2.24) is 19.9 Å². The van der Waals surface area contributed by atoms with E-state index in [9.17, 15) is 18.0 Å². The average molecular weight is 510 g/mol. The number of alkyl halides is 3. The maximum absolute atomic E-state index is 14.0. The van der Waals surface area contributed by atoms with Crippen LogP contribution in [0.3, 0.4) is 0 Å². The lowest BCUT2D eigenvalue weighted by molar-refractivity contribution is -0.137. The number of nitrogens with zero attached hydrogens (tertiary/aromatic N) is 4. The molecule has 2 aromatic heterocycles. The number of amides is 1. The molecule has 1 unspecified atom stereocenters. The van der Waals surface area contributed by atoms with Gasteiger partial charge in [-0.05, 0) is 62.3 Å². The highest BCUT2D eigenvalue weighted by molar-refractivity contribution is 6.00. The fraction of sp³-hybridized carbons (Fsp3) is 0.429. The maximum Gasteiger partial charge on any atom is 0.417 e.